The van der Waals surface area contributed by atoms with Crippen molar-refractivity contribution in [2.24, 2.45) is 0 Å². The van der Waals surface area contributed by atoms with Crippen molar-refractivity contribution in [1.29, 1.82) is 0 Å². The summed E-state index contributed by atoms with van der Waals surface area (Å²) < 4.78 is 2.17. The Morgan fingerprint density at radius 1 is 1.22 bits per heavy atom. The van der Waals surface area contributed by atoms with Crippen molar-refractivity contribution in [3.8, 4) is 11.3 Å². The van der Waals surface area contributed by atoms with E-state index in [9.17, 15) is 4.79 Å². The van der Waals surface area contributed by atoms with Crippen LogP contribution in [0.25, 0.3) is 17.3 Å². The van der Waals surface area contributed by atoms with Crippen molar-refractivity contribution in [2.75, 3.05) is 20.4 Å². The quantitative estimate of drug-likeness (QED) is 0.521. The maximum Gasteiger partial charge on any atom is 0.259 e. The predicted octanol–water partition coefficient (Wildman–Crippen LogP) is 5.01. The van der Waals surface area contributed by atoms with Crippen LogP contribution >= 0.6 is 11.8 Å². The van der Waals surface area contributed by atoms with Crippen LogP contribution in [0.5, 0.6) is 0 Å². The molecule has 27 heavy (non-hydrogen) atoms. The zero-order valence-corrected chi connectivity index (χ0v) is 17.1. The van der Waals surface area contributed by atoms with Gasteiger partial charge in [0.1, 0.15) is 0 Å². The van der Waals surface area contributed by atoms with Gasteiger partial charge in [-0.1, -0.05) is 49.2 Å². The Balaban J connectivity index is 1.91. The molecule has 0 aliphatic heterocycles. The summed E-state index contributed by atoms with van der Waals surface area (Å²) >= 11 is 1.47. The molecule has 3 rings (SSSR count). The van der Waals surface area contributed by atoms with Gasteiger partial charge in [0.05, 0.1) is 22.3 Å². The molecule has 2 aromatic rings. The van der Waals surface area contributed by atoms with E-state index in [1.165, 1.54) is 37.4 Å². The van der Waals surface area contributed by atoms with Gasteiger partial charge >= 0.3 is 0 Å². The fourth-order valence-electron chi connectivity index (χ4n) is 3.41. The minimum absolute atomic E-state index is 0.0291. The van der Waals surface area contributed by atoms with E-state index in [0.717, 1.165) is 21.9 Å². The summed E-state index contributed by atoms with van der Waals surface area (Å²) in [5.41, 5.74) is 3.22. The highest BCUT2D eigenvalue weighted by molar-refractivity contribution is 8.03. The van der Waals surface area contributed by atoms with E-state index < -0.39 is 0 Å². The molecule has 1 aliphatic carbocycles. The van der Waals surface area contributed by atoms with Crippen molar-refractivity contribution in [3.05, 3.63) is 59.1 Å². The number of amides is 1. The number of rotatable bonds is 6. The van der Waals surface area contributed by atoms with Crippen LogP contribution in [0.1, 0.15) is 37.4 Å². The van der Waals surface area contributed by atoms with Gasteiger partial charge in [-0.3, -0.25) is 9.48 Å². The lowest BCUT2D eigenvalue weighted by Crippen LogP contribution is -2.22. The molecule has 1 amide bonds. The summed E-state index contributed by atoms with van der Waals surface area (Å²) in [4.78, 5) is 14.5. The maximum absolute atomic E-state index is 12.2. The van der Waals surface area contributed by atoms with Crippen molar-refractivity contribution >= 4 is 23.7 Å². The van der Waals surface area contributed by atoms with E-state index in [1.54, 1.807) is 19.0 Å². The molecule has 1 saturated carbocycles. The zero-order valence-electron chi connectivity index (χ0n) is 16.3. The Hall–Kier alpha value is -2.27. The molecule has 0 saturated heterocycles. The Bertz CT molecular complexity index is 830. The number of likely N-dealkylation sites (N-methyl/N-ethyl adjacent to an activating group) is 1. The van der Waals surface area contributed by atoms with Crippen LogP contribution in [0.4, 0.5) is 0 Å². The summed E-state index contributed by atoms with van der Waals surface area (Å²) in [5.74, 6) is 0.0291. The number of carbonyl (C=O) groups is 1. The smallest absolute Gasteiger partial charge is 0.259 e. The first-order chi connectivity index (χ1) is 13.1. The minimum Gasteiger partial charge on any atom is -0.344 e. The molecule has 1 heterocycles. The van der Waals surface area contributed by atoms with Crippen LogP contribution in [0, 0.1) is 0 Å². The number of nitrogens with zero attached hydrogens (tertiary/aromatic N) is 3. The molecule has 5 heteroatoms. The predicted molar refractivity (Wildman–Crippen MR) is 114 cm³/mol. The van der Waals surface area contributed by atoms with Crippen LogP contribution in [0.2, 0.25) is 0 Å². The SMILES string of the molecule is CS/C(=C\C=C\c1cc(-c2ccccc2)nn1C1CCCC1)C(=O)N(C)C. The average molecular weight is 382 g/mol. The molecule has 1 aromatic heterocycles. The Kier molecular flexibility index (Phi) is 6.56. The molecule has 0 N–H and O–H groups in total. The number of carbonyl (C=O) groups excluding carboxylic acids is 1. The highest BCUT2D eigenvalue weighted by Gasteiger charge is 2.20. The van der Waals surface area contributed by atoms with Gasteiger partial charge in [0, 0.05) is 19.7 Å². The van der Waals surface area contributed by atoms with Gasteiger partial charge in [-0.15, -0.1) is 11.8 Å². The fraction of sp³-hybridized carbons (Fsp3) is 0.364. The molecule has 4 nitrogen and oxygen atoms in total. The average Bonchev–Trinajstić information content (AvgIpc) is 3.35. The summed E-state index contributed by atoms with van der Waals surface area (Å²) in [6.07, 6.45) is 12.7. The van der Waals surface area contributed by atoms with E-state index in [1.807, 2.05) is 36.6 Å². The Labute approximate surface area is 165 Å². The first kappa shape index (κ1) is 19.5. The topological polar surface area (TPSA) is 38.1 Å². The van der Waals surface area contributed by atoms with Gasteiger partial charge in [-0.05, 0) is 37.3 Å². The number of allylic oxidation sites excluding steroid dienone is 2. The highest BCUT2D eigenvalue weighted by Crippen LogP contribution is 2.32. The van der Waals surface area contributed by atoms with Gasteiger partial charge in [-0.25, -0.2) is 0 Å². The summed E-state index contributed by atoms with van der Waals surface area (Å²) in [6.45, 7) is 0. The van der Waals surface area contributed by atoms with E-state index >= 15 is 0 Å². The Morgan fingerprint density at radius 2 is 1.93 bits per heavy atom. The molecule has 0 spiro atoms. The van der Waals surface area contributed by atoms with Crippen LogP contribution in [0.15, 0.2) is 53.5 Å². The molecule has 142 valence electrons. The molecular formula is C22H27N3OS. The van der Waals surface area contributed by atoms with Crippen molar-refractivity contribution in [3.63, 3.8) is 0 Å². The molecule has 0 atom stereocenters. The number of hydrogen-bond donors (Lipinski definition) is 0. The fourth-order valence-corrected chi connectivity index (χ4v) is 3.98. The lowest BCUT2D eigenvalue weighted by Gasteiger charge is -2.12. The summed E-state index contributed by atoms with van der Waals surface area (Å²) in [6, 6.07) is 12.9. The standard InChI is InChI=1S/C22H27N3OS/c1-24(2)22(26)21(27-3)15-9-14-19-16-20(17-10-5-4-6-11-17)23-25(19)18-12-7-8-13-18/h4-6,9-11,14-16,18H,7-8,12-13H2,1-3H3/b14-9+,21-15-. The lowest BCUT2D eigenvalue weighted by molar-refractivity contribution is -0.123. The molecule has 0 bridgehead atoms. The summed E-state index contributed by atoms with van der Waals surface area (Å²) in [5, 5.41) is 4.91. The number of aromatic nitrogens is 2. The van der Waals surface area contributed by atoms with Gasteiger partial charge in [-0.2, -0.15) is 5.10 Å². The lowest BCUT2D eigenvalue weighted by atomic mass is 10.1. The highest BCUT2D eigenvalue weighted by atomic mass is 32.2. The molecular weight excluding hydrogens is 354 g/mol. The molecule has 1 aromatic carbocycles. The second-order valence-corrected chi connectivity index (χ2v) is 7.85. The van der Waals surface area contributed by atoms with Gasteiger partial charge in [0.25, 0.3) is 5.91 Å². The van der Waals surface area contributed by atoms with Crippen LogP contribution in [0.3, 0.4) is 0 Å². The minimum atomic E-state index is 0.0291. The van der Waals surface area contributed by atoms with Crippen molar-refractivity contribution in [1.82, 2.24) is 14.7 Å². The zero-order chi connectivity index (χ0) is 19.2. The Morgan fingerprint density at radius 3 is 2.56 bits per heavy atom. The van der Waals surface area contributed by atoms with Gasteiger partial charge < -0.3 is 4.90 Å². The van der Waals surface area contributed by atoms with Crippen molar-refractivity contribution in [2.45, 2.75) is 31.7 Å². The second-order valence-electron chi connectivity index (χ2n) is 7.00. The number of thioether (sulfide) groups is 1. The van der Waals surface area contributed by atoms with Crippen LogP contribution in [-0.4, -0.2) is 40.9 Å². The van der Waals surface area contributed by atoms with E-state index in [4.69, 9.17) is 5.10 Å². The van der Waals surface area contributed by atoms with Crippen molar-refractivity contribution < 1.29 is 4.79 Å². The molecule has 1 aliphatic rings. The third-order valence-electron chi connectivity index (χ3n) is 4.86. The number of hydrogen-bond acceptors (Lipinski definition) is 3. The van der Waals surface area contributed by atoms with E-state index in [-0.39, 0.29) is 5.91 Å². The molecule has 0 unspecified atom stereocenters. The first-order valence-corrected chi connectivity index (χ1v) is 10.6. The molecule has 1 fully saturated rings. The van der Waals surface area contributed by atoms with Gasteiger partial charge in [0.15, 0.2) is 0 Å². The monoisotopic (exact) mass is 381 g/mol. The van der Waals surface area contributed by atoms with Crippen LogP contribution < -0.4 is 0 Å². The van der Waals surface area contributed by atoms with Gasteiger partial charge in [0.2, 0.25) is 0 Å². The first-order valence-electron chi connectivity index (χ1n) is 9.39. The van der Waals surface area contributed by atoms with E-state index in [2.05, 4.69) is 29.0 Å². The second kappa shape index (κ2) is 9.09. The third kappa shape index (κ3) is 4.72. The summed E-state index contributed by atoms with van der Waals surface area (Å²) in [7, 11) is 3.55. The van der Waals surface area contributed by atoms with Crippen LogP contribution in [-0.2, 0) is 4.79 Å². The largest absolute Gasteiger partial charge is 0.344 e. The third-order valence-corrected chi connectivity index (χ3v) is 5.61. The molecule has 0 radical (unpaired) electrons. The number of benzene rings is 1. The maximum atomic E-state index is 12.2. The normalized spacial score (nSPS) is 15.6. The van der Waals surface area contributed by atoms with E-state index in [0.29, 0.717) is 6.04 Å².